The first-order valence-electron chi connectivity index (χ1n) is 8.81. The lowest BCUT2D eigenvalue weighted by atomic mass is 10.1. The number of urea groups is 1. The van der Waals surface area contributed by atoms with Gasteiger partial charge in [-0.15, -0.1) is 0 Å². The average Bonchev–Trinajstić information content (AvgIpc) is 2.66. The molecule has 8 heteroatoms. The molecule has 0 bridgehead atoms. The van der Waals surface area contributed by atoms with Gasteiger partial charge < -0.3 is 10.2 Å². The second-order valence-corrected chi connectivity index (χ2v) is 8.61. The zero-order valence-electron chi connectivity index (χ0n) is 15.0. The van der Waals surface area contributed by atoms with Crippen molar-refractivity contribution in [1.82, 2.24) is 4.90 Å². The standard InChI is InChI=1S/C19H22ClN3O3S/c1-14-17(20)6-5-7-18(14)22-27(25,26)16-10-8-15(9-11-16)21-19(24)23-12-3-2-4-13-23/h5-11,22H,2-4,12-13H2,1H3,(H,21,24). The summed E-state index contributed by atoms with van der Waals surface area (Å²) in [6.45, 7) is 3.25. The summed E-state index contributed by atoms with van der Waals surface area (Å²) in [6, 6.07) is 11.0. The molecule has 0 atom stereocenters. The third-order valence-corrected chi connectivity index (χ3v) is 6.36. The van der Waals surface area contributed by atoms with E-state index in [-0.39, 0.29) is 10.9 Å². The topological polar surface area (TPSA) is 78.5 Å². The number of likely N-dealkylation sites (tertiary alicyclic amines) is 1. The van der Waals surface area contributed by atoms with Crippen LogP contribution in [-0.2, 0) is 10.0 Å². The number of sulfonamides is 1. The Kier molecular flexibility index (Phi) is 5.92. The van der Waals surface area contributed by atoms with Crippen molar-refractivity contribution in [3.63, 3.8) is 0 Å². The maximum atomic E-state index is 12.6. The fourth-order valence-corrected chi connectivity index (χ4v) is 4.24. The molecule has 1 aliphatic heterocycles. The highest BCUT2D eigenvalue weighted by Gasteiger charge is 2.18. The van der Waals surface area contributed by atoms with Gasteiger partial charge in [0.2, 0.25) is 0 Å². The number of hydrogen-bond acceptors (Lipinski definition) is 3. The summed E-state index contributed by atoms with van der Waals surface area (Å²) in [5.41, 5.74) is 1.65. The Morgan fingerprint density at radius 1 is 1.04 bits per heavy atom. The second-order valence-electron chi connectivity index (χ2n) is 6.52. The van der Waals surface area contributed by atoms with Crippen molar-refractivity contribution in [2.24, 2.45) is 0 Å². The fourth-order valence-electron chi connectivity index (χ4n) is 2.94. The Hall–Kier alpha value is -2.25. The summed E-state index contributed by atoms with van der Waals surface area (Å²) in [5, 5.41) is 3.30. The summed E-state index contributed by atoms with van der Waals surface area (Å²) >= 11 is 6.04. The van der Waals surface area contributed by atoms with E-state index in [1.165, 1.54) is 12.1 Å². The summed E-state index contributed by atoms with van der Waals surface area (Å²) in [6.07, 6.45) is 3.17. The van der Waals surface area contributed by atoms with E-state index in [1.807, 2.05) is 0 Å². The van der Waals surface area contributed by atoms with Gasteiger partial charge in [0.05, 0.1) is 10.6 Å². The van der Waals surface area contributed by atoms with Gasteiger partial charge in [0, 0.05) is 23.8 Å². The molecule has 0 aromatic heterocycles. The molecule has 2 N–H and O–H groups in total. The number of piperidine rings is 1. The van der Waals surface area contributed by atoms with E-state index in [0.29, 0.717) is 22.0 Å². The van der Waals surface area contributed by atoms with Gasteiger partial charge in [-0.1, -0.05) is 17.7 Å². The molecule has 2 amide bonds. The number of anilines is 2. The van der Waals surface area contributed by atoms with Crippen molar-refractivity contribution in [3.05, 3.63) is 53.1 Å². The molecule has 0 spiro atoms. The van der Waals surface area contributed by atoms with Gasteiger partial charge >= 0.3 is 6.03 Å². The van der Waals surface area contributed by atoms with E-state index in [4.69, 9.17) is 11.6 Å². The molecule has 3 rings (SSSR count). The maximum absolute atomic E-state index is 12.6. The van der Waals surface area contributed by atoms with E-state index in [0.717, 1.165) is 32.4 Å². The van der Waals surface area contributed by atoms with E-state index in [9.17, 15) is 13.2 Å². The summed E-state index contributed by atoms with van der Waals surface area (Å²) in [7, 11) is -3.75. The fraction of sp³-hybridized carbons (Fsp3) is 0.316. The van der Waals surface area contributed by atoms with Crippen molar-refractivity contribution >= 4 is 39.0 Å². The van der Waals surface area contributed by atoms with Gasteiger partial charge in [-0.3, -0.25) is 4.72 Å². The zero-order chi connectivity index (χ0) is 19.4. The van der Waals surface area contributed by atoms with Crippen molar-refractivity contribution < 1.29 is 13.2 Å². The average molecular weight is 408 g/mol. The number of nitrogens with one attached hydrogen (secondary N) is 2. The van der Waals surface area contributed by atoms with Crippen molar-refractivity contribution in [3.8, 4) is 0 Å². The van der Waals surface area contributed by atoms with E-state index in [1.54, 1.807) is 42.2 Å². The van der Waals surface area contributed by atoms with Crippen LogP contribution in [-0.4, -0.2) is 32.4 Å². The quantitative estimate of drug-likeness (QED) is 0.784. The number of carbonyl (C=O) groups is 1. The van der Waals surface area contributed by atoms with Gasteiger partial charge in [-0.05, 0) is 68.1 Å². The second kappa shape index (κ2) is 8.19. The Morgan fingerprint density at radius 2 is 1.70 bits per heavy atom. The molecule has 144 valence electrons. The molecule has 1 heterocycles. The molecule has 2 aromatic rings. The Bertz CT molecular complexity index is 924. The summed E-state index contributed by atoms with van der Waals surface area (Å²) in [5.74, 6) is 0. The SMILES string of the molecule is Cc1c(Cl)cccc1NS(=O)(=O)c1ccc(NC(=O)N2CCCCC2)cc1. The number of amides is 2. The lowest BCUT2D eigenvalue weighted by molar-refractivity contribution is 0.200. The normalized spacial score (nSPS) is 14.7. The molecule has 1 fully saturated rings. The van der Waals surface area contributed by atoms with Crippen LogP contribution in [0.4, 0.5) is 16.2 Å². The molecule has 0 saturated carbocycles. The van der Waals surface area contributed by atoms with Gasteiger partial charge in [0.15, 0.2) is 0 Å². The van der Waals surface area contributed by atoms with E-state index >= 15 is 0 Å². The van der Waals surface area contributed by atoms with Crippen LogP contribution in [0.15, 0.2) is 47.4 Å². The van der Waals surface area contributed by atoms with Crippen LogP contribution in [0.25, 0.3) is 0 Å². The molecule has 27 heavy (non-hydrogen) atoms. The first kappa shape index (κ1) is 19.5. The summed E-state index contributed by atoms with van der Waals surface area (Å²) < 4.78 is 27.7. The predicted octanol–water partition coefficient (Wildman–Crippen LogP) is 4.47. The molecular weight excluding hydrogens is 386 g/mol. The zero-order valence-corrected chi connectivity index (χ0v) is 16.6. The number of rotatable bonds is 4. The third kappa shape index (κ3) is 4.73. The van der Waals surface area contributed by atoms with E-state index < -0.39 is 10.0 Å². The molecule has 6 nitrogen and oxygen atoms in total. The Labute approximate surface area is 164 Å². The van der Waals surface area contributed by atoms with Crippen molar-refractivity contribution in [2.45, 2.75) is 31.1 Å². The number of benzene rings is 2. The molecule has 0 radical (unpaired) electrons. The van der Waals surface area contributed by atoms with Crippen LogP contribution >= 0.6 is 11.6 Å². The highest BCUT2D eigenvalue weighted by molar-refractivity contribution is 7.92. The number of carbonyl (C=O) groups excluding carboxylic acids is 1. The van der Waals surface area contributed by atoms with Crippen molar-refractivity contribution in [2.75, 3.05) is 23.1 Å². The van der Waals surface area contributed by atoms with Gasteiger partial charge in [-0.25, -0.2) is 13.2 Å². The van der Waals surface area contributed by atoms with Crippen molar-refractivity contribution in [1.29, 1.82) is 0 Å². The summed E-state index contributed by atoms with van der Waals surface area (Å²) in [4.78, 5) is 14.1. The van der Waals surface area contributed by atoms with Crippen LogP contribution in [0.2, 0.25) is 5.02 Å². The minimum absolute atomic E-state index is 0.109. The van der Waals surface area contributed by atoms with E-state index in [2.05, 4.69) is 10.0 Å². The minimum Gasteiger partial charge on any atom is -0.325 e. The number of halogens is 1. The molecular formula is C19H22ClN3O3S. The van der Waals surface area contributed by atoms with Gasteiger partial charge in [0.25, 0.3) is 10.0 Å². The Morgan fingerprint density at radius 3 is 2.37 bits per heavy atom. The molecule has 0 aliphatic carbocycles. The largest absolute Gasteiger partial charge is 0.325 e. The van der Waals surface area contributed by atoms with Crippen LogP contribution in [0, 0.1) is 6.92 Å². The first-order valence-corrected chi connectivity index (χ1v) is 10.7. The van der Waals surface area contributed by atoms with Gasteiger partial charge in [-0.2, -0.15) is 0 Å². The highest BCUT2D eigenvalue weighted by atomic mass is 35.5. The number of nitrogens with zero attached hydrogens (tertiary/aromatic N) is 1. The number of hydrogen-bond donors (Lipinski definition) is 2. The molecule has 2 aromatic carbocycles. The Balaban J connectivity index is 1.70. The first-order chi connectivity index (χ1) is 12.9. The highest BCUT2D eigenvalue weighted by Crippen LogP contribution is 2.26. The molecule has 1 aliphatic rings. The molecule has 1 saturated heterocycles. The van der Waals surface area contributed by atoms with Gasteiger partial charge in [0.1, 0.15) is 0 Å². The lowest BCUT2D eigenvalue weighted by Crippen LogP contribution is -2.38. The van der Waals surface area contributed by atoms with Crippen LogP contribution in [0.5, 0.6) is 0 Å². The smallest absolute Gasteiger partial charge is 0.321 e. The minimum atomic E-state index is -3.75. The third-order valence-electron chi connectivity index (χ3n) is 4.57. The maximum Gasteiger partial charge on any atom is 0.321 e. The molecule has 0 unspecified atom stereocenters. The monoisotopic (exact) mass is 407 g/mol. The predicted molar refractivity (Wildman–Crippen MR) is 108 cm³/mol. The lowest BCUT2D eigenvalue weighted by Gasteiger charge is -2.26. The van der Waals surface area contributed by atoms with Crippen LogP contribution < -0.4 is 10.0 Å². The van der Waals surface area contributed by atoms with Crippen LogP contribution in [0.1, 0.15) is 24.8 Å². The van der Waals surface area contributed by atoms with Crippen LogP contribution in [0.3, 0.4) is 0 Å².